The first-order valence-electron chi connectivity index (χ1n) is 9.42. The van der Waals surface area contributed by atoms with Gasteiger partial charge in [0.25, 0.3) is 0 Å². The zero-order chi connectivity index (χ0) is 20.2. The molecule has 6 heteroatoms. The Morgan fingerprint density at radius 1 is 1.21 bits per heavy atom. The van der Waals surface area contributed by atoms with Gasteiger partial charge < -0.3 is 15.1 Å². The van der Waals surface area contributed by atoms with E-state index in [1.165, 1.54) is 11.1 Å². The SMILES string of the molecule is CC1=CC(C)(C)N(C)c2cc(Cl)c([C@H]3[C@H](c4ccccn4)NC(=S)N3C)cc21. The van der Waals surface area contributed by atoms with Crippen molar-refractivity contribution in [2.75, 3.05) is 19.0 Å². The second-order valence-corrected chi connectivity index (χ2v) is 8.96. The Morgan fingerprint density at radius 2 is 1.96 bits per heavy atom. The van der Waals surface area contributed by atoms with Gasteiger partial charge in [0.15, 0.2) is 5.11 Å². The number of hydrogen-bond acceptors (Lipinski definition) is 3. The molecule has 0 amide bonds. The zero-order valence-corrected chi connectivity index (χ0v) is 18.4. The van der Waals surface area contributed by atoms with Crippen LogP contribution < -0.4 is 10.2 Å². The number of nitrogens with zero attached hydrogens (tertiary/aromatic N) is 3. The van der Waals surface area contributed by atoms with Crippen molar-refractivity contribution in [1.82, 2.24) is 15.2 Å². The number of thiocarbonyl (C=S) groups is 1. The molecule has 3 heterocycles. The van der Waals surface area contributed by atoms with Gasteiger partial charge in [-0.25, -0.2) is 0 Å². The Hall–Kier alpha value is -2.11. The maximum atomic E-state index is 6.85. The first-order valence-corrected chi connectivity index (χ1v) is 10.2. The Balaban J connectivity index is 1.85. The van der Waals surface area contributed by atoms with Crippen LogP contribution in [0.15, 0.2) is 42.6 Å². The average molecular weight is 413 g/mol. The van der Waals surface area contributed by atoms with E-state index in [0.717, 1.165) is 22.0 Å². The minimum Gasteiger partial charge on any atom is -0.365 e. The molecule has 146 valence electrons. The molecule has 0 radical (unpaired) electrons. The summed E-state index contributed by atoms with van der Waals surface area (Å²) in [6.45, 7) is 6.60. The lowest BCUT2D eigenvalue weighted by Gasteiger charge is -2.41. The third-order valence-corrected chi connectivity index (χ3v) is 6.73. The number of aromatic nitrogens is 1. The van der Waals surface area contributed by atoms with Crippen molar-refractivity contribution in [2.24, 2.45) is 0 Å². The highest BCUT2D eigenvalue weighted by molar-refractivity contribution is 7.80. The highest BCUT2D eigenvalue weighted by atomic mass is 35.5. The largest absolute Gasteiger partial charge is 0.365 e. The molecule has 28 heavy (non-hydrogen) atoms. The number of nitrogens with one attached hydrogen (secondary N) is 1. The number of benzene rings is 1. The van der Waals surface area contributed by atoms with E-state index in [2.05, 4.69) is 66.1 Å². The van der Waals surface area contributed by atoms with Crippen LogP contribution in [0.4, 0.5) is 5.69 Å². The Morgan fingerprint density at radius 3 is 2.64 bits per heavy atom. The number of allylic oxidation sites excluding steroid dienone is 1. The molecule has 1 saturated heterocycles. The lowest BCUT2D eigenvalue weighted by atomic mass is 9.86. The molecular formula is C22H25ClN4S. The smallest absolute Gasteiger partial charge is 0.169 e. The summed E-state index contributed by atoms with van der Waals surface area (Å²) in [6, 6.07) is 10.2. The van der Waals surface area contributed by atoms with Crippen LogP contribution in [0.1, 0.15) is 49.7 Å². The predicted molar refractivity (Wildman–Crippen MR) is 121 cm³/mol. The molecule has 1 aromatic carbocycles. The molecule has 2 aliphatic heterocycles. The first-order chi connectivity index (χ1) is 13.2. The van der Waals surface area contributed by atoms with Crippen LogP contribution in [0.5, 0.6) is 0 Å². The Bertz CT molecular complexity index is 970. The van der Waals surface area contributed by atoms with E-state index in [0.29, 0.717) is 5.11 Å². The third-order valence-electron chi connectivity index (χ3n) is 5.99. The number of pyridine rings is 1. The van der Waals surface area contributed by atoms with Crippen LogP contribution in [-0.4, -0.2) is 34.6 Å². The fourth-order valence-corrected chi connectivity index (χ4v) is 4.77. The fourth-order valence-electron chi connectivity index (χ4n) is 4.26. The molecule has 1 fully saturated rings. The molecule has 0 spiro atoms. The van der Waals surface area contributed by atoms with E-state index >= 15 is 0 Å². The van der Waals surface area contributed by atoms with Gasteiger partial charge in [0.2, 0.25) is 0 Å². The summed E-state index contributed by atoms with van der Waals surface area (Å²) in [5.74, 6) is 0. The molecule has 1 aromatic heterocycles. The van der Waals surface area contributed by atoms with E-state index in [-0.39, 0.29) is 17.6 Å². The number of hydrogen-bond donors (Lipinski definition) is 1. The first kappa shape index (κ1) is 19.2. The van der Waals surface area contributed by atoms with Crippen LogP contribution in [0, 0.1) is 0 Å². The highest BCUT2D eigenvalue weighted by Crippen LogP contribution is 2.46. The average Bonchev–Trinajstić information content (AvgIpc) is 2.95. The summed E-state index contributed by atoms with van der Waals surface area (Å²) in [5.41, 5.74) is 5.61. The lowest BCUT2D eigenvalue weighted by Crippen LogP contribution is -2.42. The minimum atomic E-state index is -0.0499. The monoisotopic (exact) mass is 412 g/mol. The van der Waals surface area contributed by atoms with E-state index in [4.69, 9.17) is 23.8 Å². The molecule has 0 aliphatic carbocycles. The van der Waals surface area contributed by atoms with Crippen LogP contribution in [0.25, 0.3) is 5.57 Å². The van der Waals surface area contributed by atoms with Gasteiger partial charge in [-0.2, -0.15) is 0 Å². The zero-order valence-electron chi connectivity index (χ0n) is 16.8. The van der Waals surface area contributed by atoms with Gasteiger partial charge in [-0.15, -0.1) is 0 Å². The predicted octanol–water partition coefficient (Wildman–Crippen LogP) is 4.97. The van der Waals surface area contributed by atoms with Crippen molar-refractivity contribution >= 4 is 40.2 Å². The van der Waals surface area contributed by atoms with Crippen LogP contribution in [0.2, 0.25) is 5.02 Å². The van der Waals surface area contributed by atoms with Gasteiger partial charge in [0.1, 0.15) is 0 Å². The van der Waals surface area contributed by atoms with Crippen LogP contribution in [-0.2, 0) is 0 Å². The lowest BCUT2D eigenvalue weighted by molar-refractivity contribution is 0.368. The standard InChI is InChI=1S/C22H25ClN4S/c1-13-12-22(2,3)27(5)18-11-16(23)15(10-14(13)18)20-19(25-21(28)26(20)4)17-8-6-7-9-24-17/h6-12,19-20H,1-5H3,(H,25,28)/t19-,20-/m0/s1. The van der Waals surface area contributed by atoms with Gasteiger partial charge in [-0.05, 0) is 68.4 Å². The molecule has 2 atom stereocenters. The summed E-state index contributed by atoms with van der Waals surface area (Å²) < 4.78 is 0. The van der Waals surface area contributed by atoms with Gasteiger partial charge in [0.05, 0.1) is 23.3 Å². The molecule has 4 nitrogen and oxygen atoms in total. The molecule has 0 bridgehead atoms. The summed E-state index contributed by atoms with van der Waals surface area (Å²) in [4.78, 5) is 8.92. The van der Waals surface area contributed by atoms with Crippen molar-refractivity contribution in [1.29, 1.82) is 0 Å². The minimum absolute atomic E-state index is 0.0201. The molecule has 1 N–H and O–H groups in total. The van der Waals surface area contributed by atoms with E-state index in [1.54, 1.807) is 0 Å². The van der Waals surface area contributed by atoms with E-state index in [9.17, 15) is 0 Å². The fraction of sp³-hybridized carbons (Fsp3) is 0.364. The summed E-state index contributed by atoms with van der Waals surface area (Å²) >= 11 is 12.4. The van der Waals surface area contributed by atoms with Crippen molar-refractivity contribution in [2.45, 2.75) is 38.4 Å². The number of likely N-dealkylation sites (N-methyl/N-ethyl adjacent to an activating group) is 2. The molecule has 0 unspecified atom stereocenters. The topological polar surface area (TPSA) is 31.4 Å². The quantitative estimate of drug-likeness (QED) is 0.704. The van der Waals surface area contributed by atoms with Crippen molar-refractivity contribution in [3.63, 3.8) is 0 Å². The normalized spacial score (nSPS) is 23.4. The number of rotatable bonds is 2. The number of halogens is 1. The summed E-state index contributed by atoms with van der Waals surface area (Å²) in [6.07, 6.45) is 4.12. The molecule has 2 aromatic rings. The second-order valence-electron chi connectivity index (χ2n) is 8.17. The van der Waals surface area contributed by atoms with Gasteiger partial charge >= 0.3 is 0 Å². The summed E-state index contributed by atoms with van der Waals surface area (Å²) in [7, 11) is 4.13. The van der Waals surface area contributed by atoms with Crippen molar-refractivity contribution in [3.8, 4) is 0 Å². The molecule has 4 rings (SSSR count). The van der Waals surface area contributed by atoms with Crippen molar-refractivity contribution < 1.29 is 0 Å². The van der Waals surface area contributed by atoms with Gasteiger partial charge in [-0.1, -0.05) is 23.7 Å². The van der Waals surface area contributed by atoms with Crippen molar-refractivity contribution in [3.05, 3.63) is 64.4 Å². The Labute approximate surface area is 177 Å². The highest BCUT2D eigenvalue weighted by Gasteiger charge is 2.40. The molecule has 2 aliphatic rings. The van der Waals surface area contributed by atoms with E-state index in [1.807, 2.05) is 31.4 Å². The molecule has 0 saturated carbocycles. The number of fused-ring (bicyclic) bond motifs is 1. The third kappa shape index (κ3) is 2.97. The van der Waals surface area contributed by atoms with Gasteiger partial charge in [-0.3, -0.25) is 4.98 Å². The maximum absolute atomic E-state index is 6.85. The molecular weight excluding hydrogens is 388 g/mol. The van der Waals surface area contributed by atoms with Crippen LogP contribution >= 0.6 is 23.8 Å². The summed E-state index contributed by atoms with van der Waals surface area (Å²) in [5, 5.41) is 4.88. The van der Waals surface area contributed by atoms with E-state index < -0.39 is 0 Å². The van der Waals surface area contributed by atoms with Gasteiger partial charge in [0, 0.05) is 36.6 Å². The van der Waals surface area contributed by atoms with Crippen LogP contribution in [0.3, 0.4) is 0 Å². The Kier molecular flexibility index (Phi) is 4.63. The second kappa shape index (κ2) is 6.75. The number of anilines is 1. The maximum Gasteiger partial charge on any atom is 0.169 e.